The summed E-state index contributed by atoms with van der Waals surface area (Å²) in [7, 11) is 0. The van der Waals surface area contributed by atoms with E-state index in [2.05, 4.69) is 9.97 Å². The van der Waals surface area contributed by atoms with Crippen molar-refractivity contribution in [1.82, 2.24) is 9.97 Å². The molecule has 0 aromatic carbocycles. The van der Waals surface area contributed by atoms with Gasteiger partial charge in [0.2, 0.25) is 0 Å². The molecule has 0 aliphatic heterocycles. The number of imidazole rings is 1. The summed E-state index contributed by atoms with van der Waals surface area (Å²) in [5.41, 5.74) is 0. The van der Waals surface area contributed by atoms with Crippen molar-refractivity contribution in [3.05, 3.63) is 18.7 Å². The summed E-state index contributed by atoms with van der Waals surface area (Å²) in [6.07, 6.45) is 4.78. The molecule has 0 atom stereocenters. The van der Waals surface area contributed by atoms with Crippen LogP contribution in [0.25, 0.3) is 0 Å². The SMILES string of the molecule is [Au+].c1c[n-]cn1. The van der Waals surface area contributed by atoms with Crippen LogP contribution in [-0.2, 0) is 22.4 Å². The first-order valence-electron chi connectivity index (χ1n) is 1.37. The van der Waals surface area contributed by atoms with Crippen molar-refractivity contribution in [2.45, 2.75) is 0 Å². The minimum Gasteiger partial charge on any atom is -0.450 e. The van der Waals surface area contributed by atoms with Crippen LogP contribution >= 0.6 is 0 Å². The molecule has 0 radical (unpaired) electrons. The summed E-state index contributed by atoms with van der Waals surface area (Å²) in [5, 5.41) is 0. The first-order valence-corrected chi connectivity index (χ1v) is 1.37. The van der Waals surface area contributed by atoms with Crippen LogP contribution in [0.3, 0.4) is 0 Å². The maximum atomic E-state index is 3.61. The van der Waals surface area contributed by atoms with Crippen molar-refractivity contribution < 1.29 is 22.4 Å². The van der Waals surface area contributed by atoms with Crippen LogP contribution in [0.5, 0.6) is 0 Å². The van der Waals surface area contributed by atoms with Gasteiger partial charge in [0.05, 0.1) is 0 Å². The second-order valence-corrected chi connectivity index (χ2v) is 0.712. The van der Waals surface area contributed by atoms with Crippen molar-refractivity contribution in [2.75, 3.05) is 0 Å². The summed E-state index contributed by atoms with van der Waals surface area (Å²) in [4.78, 5) is 7.22. The van der Waals surface area contributed by atoms with E-state index in [0.717, 1.165) is 0 Å². The van der Waals surface area contributed by atoms with Gasteiger partial charge < -0.3 is 9.97 Å². The van der Waals surface area contributed by atoms with Crippen molar-refractivity contribution >= 4 is 0 Å². The number of rotatable bonds is 0. The third kappa shape index (κ3) is 1.40. The van der Waals surface area contributed by atoms with Crippen LogP contribution in [0.15, 0.2) is 18.7 Å². The molecule has 0 aliphatic rings. The quantitative estimate of drug-likeness (QED) is 0.618. The van der Waals surface area contributed by atoms with Crippen LogP contribution in [0, 0.1) is 0 Å². The second kappa shape index (κ2) is 3.15. The molecular weight excluding hydrogens is 261 g/mol. The van der Waals surface area contributed by atoms with E-state index in [4.69, 9.17) is 0 Å². The molecule has 0 fully saturated rings. The first kappa shape index (κ1) is 5.95. The van der Waals surface area contributed by atoms with E-state index in [1.54, 1.807) is 12.4 Å². The number of hydrogen-bond donors (Lipinski definition) is 0. The number of nitrogens with zero attached hydrogens (tertiary/aromatic N) is 2. The van der Waals surface area contributed by atoms with Gasteiger partial charge in [-0.25, -0.2) is 0 Å². The zero-order valence-corrected chi connectivity index (χ0v) is 5.09. The smallest absolute Gasteiger partial charge is 0.450 e. The Morgan fingerprint density at radius 3 is 2.50 bits per heavy atom. The minimum atomic E-state index is 0. The molecule has 3 heteroatoms. The predicted molar refractivity (Wildman–Crippen MR) is 17.6 cm³/mol. The van der Waals surface area contributed by atoms with E-state index in [1.165, 1.54) is 6.33 Å². The third-order valence-electron chi connectivity index (χ3n) is 0.372. The molecule has 0 N–H and O–H groups in total. The molecule has 0 unspecified atom stereocenters. The van der Waals surface area contributed by atoms with E-state index < -0.39 is 0 Å². The van der Waals surface area contributed by atoms with Gasteiger partial charge in [0.1, 0.15) is 0 Å². The Bertz CT molecular complexity index is 65.3. The Labute approximate surface area is 51.5 Å². The molecule has 0 aliphatic carbocycles. The van der Waals surface area contributed by atoms with E-state index in [9.17, 15) is 0 Å². The van der Waals surface area contributed by atoms with Gasteiger partial charge >= 0.3 is 22.4 Å². The maximum Gasteiger partial charge on any atom is 1.00 e. The average molecular weight is 264 g/mol. The molecule has 0 spiro atoms. The van der Waals surface area contributed by atoms with E-state index in [-0.39, 0.29) is 22.4 Å². The van der Waals surface area contributed by atoms with E-state index >= 15 is 0 Å². The Kier molecular flexibility index (Phi) is 3.13. The fourth-order valence-electron chi connectivity index (χ4n) is 0.192. The van der Waals surface area contributed by atoms with Crippen LogP contribution in [0.2, 0.25) is 0 Å². The van der Waals surface area contributed by atoms with Gasteiger partial charge in [0.25, 0.3) is 0 Å². The summed E-state index contributed by atoms with van der Waals surface area (Å²) in [5.74, 6) is 0. The predicted octanol–water partition coefficient (Wildman–Crippen LogP) is 0.0363. The van der Waals surface area contributed by atoms with Crippen LogP contribution in [-0.4, -0.2) is 4.98 Å². The molecule has 1 heterocycles. The fraction of sp³-hybridized carbons (Fsp3) is 0. The van der Waals surface area contributed by atoms with Crippen molar-refractivity contribution in [3.63, 3.8) is 0 Å². The summed E-state index contributed by atoms with van der Waals surface area (Å²) in [6.45, 7) is 0. The molecule has 0 saturated carbocycles. The number of aromatic nitrogens is 2. The summed E-state index contributed by atoms with van der Waals surface area (Å²) >= 11 is 0. The molecule has 2 nitrogen and oxygen atoms in total. The summed E-state index contributed by atoms with van der Waals surface area (Å²) < 4.78 is 0. The molecule has 1 aromatic heterocycles. The molecular formula is C3H3AuN2. The molecule has 36 valence electrons. The molecule has 0 amide bonds. The van der Waals surface area contributed by atoms with Gasteiger partial charge in [0, 0.05) is 0 Å². The average Bonchev–Trinajstić information content (AvgIpc) is 1.76. The topological polar surface area (TPSA) is 27.0 Å². The second-order valence-electron chi connectivity index (χ2n) is 0.712. The van der Waals surface area contributed by atoms with Gasteiger partial charge in [-0.15, -0.1) is 0 Å². The monoisotopic (exact) mass is 264 g/mol. The van der Waals surface area contributed by atoms with Crippen LogP contribution < -0.4 is 4.98 Å². The fourth-order valence-corrected chi connectivity index (χ4v) is 0.192. The summed E-state index contributed by atoms with van der Waals surface area (Å²) in [6, 6.07) is 0. The molecule has 0 bridgehead atoms. The molecule has 1 rings (SSSR count). The third-order valence-corrected chi connectivity index (χ3v) is 0.372. The van der Waals surface area contributed by atoms with Gasteiger partial charge in [-0.05, 0) is 0 Å². The molecule has 6 heavy (non-hydrogen) atoms. The van der Waals surface area contributed by atoms with Crippen molar-refractivity contribution in [3.8, 4) is 0 Å². The van der Waals surface area contributed by atoms with Gasteiger partial charge in [-0.2, -0.15) is 0 Å². The Morgan fingerprint density at radius 2 is 2.33 bits per heavy atom. The zero-order valence-electron chi connectivity index (χ0n) is 2.93. The normalized spacial score (nSPS) is 6.67. The van der Waals surface area contributed by atoms with Gasteiger partial charge in [0.15, 0.2) is 0 Å². The standard InChI is InChI=1S/C3H3N2.Au/c1-2-5-3-4-1;/h1-3H;/q-1;+1. The number of hydrogen-bond acceptors (Lipinski definition) is 1. The first-order chi connectivity index (χ1) is 2.50. The maximum absolute atomic E-state index is 3.61. The largest absolute Gasteiger partial charge is 1.00 e. The van der Waals surface area contributed by atoms with Crippen LogP contribution in [0.4, 0.5) is 0 Å². The zero-order chi connectivity index (χ0) is 3.54. The Balaban J connectivity index is 0.000000250. The van der Waals surface area contributed by atoms with E-state index in [0.29, 0.717) is 0 Å². The Hall–Kier alpha value is -0.0497. The Morgan fingerprint density at radius 1 is 1.50 bits per heavy atom. The van der Waals surface area contributed by atoms with Crippen molar-refractivity contribution in [2.24, 2.45) is 0 Å². The minimum absolute atomic E-state index is 0. The van der Waals surface area contributed by atoms with Crippen LogP contribution in [0.1, 0.15) is 0 Å². The van der Waals surface area contributed by atoms with Gasteiger partial charge in [-0.3, -0.25) is 0 Å². The van der Waals surface area contributed by atoms with Gasteiger partial charge in [-0.1, -0.05) is 18.7 Å². The molecule has 1 aromatic rings. The van der Waals surface area contributed by atoms with Crippen molar-refractivity contribution in [1.29, 1.82) is 0 Å². The molecule has 0 saturated heterocycles. The van der Waals surface area contributed by atoms with E-state index in [1.807, 2.05) is 0 Å².